The highest BCUT2D eigenvalue weighted by Gasteiger charge is 2.67. The molecule has 0 spiro atoms. The largest absolute Gasteiger partial charge is 0.481 e. The van der Waals surface area contributed by atoms with Crippen LogP contribution in [0.1, 0.15) is 102 Å². The van der Waals surface area contributed by atoms with Gasteiger partial charge in [-0.05, 0) is 80.5 Å². The van der Waals surface area contributed by atoms with E-state index in [-0.39, 0.29) is 42.0 Å². The van der Waals surface area contributed by atoms with Gasteiger partial charge in [-0.3, -0.25) is 14.2 Å². The van der Waals surface area contributed by atoms with Crippen molar-refractivity contribution in [3.05, 3.63) is 93.7 Å². The number of anilines is 1. The molecule has 3 aromatic rings. The van der Waals surface area contributed by atoms with Gasteiger partial charge in [0.05, 0.1) is 41.0 Å². The SMILES string of the molecule is CC[C@H](NC(=O)[C@@H]1C[C@@](C)(NC(=O)N[C@@H](C)c2ccccc2)c2ncc(NCc3cccc(C(F)(F)F)c3)c(=O)n21)B1O[C@@H]2C3CC(C[C@]2(C)O1)C3(C)C. The fourth-order valence-electron chi connectivity index (χ4n) is 9.09. The predicted molar refractivity (Wildman–Crippen MR) is 197 cm³/mol. The van der Waals surface area contributed by atoms with Crippen molar-refractivity contribution in [2.24, 2.45) is 17.3 Å². The average Bonchev–Trinajstić information content (AvgIpc) is 3.64. The number of hydrogen-bond acceptors (Lipinski definition) is 7. The first kappa shape index (κ1) is 37.9. The lowest BCUT2D eigenvalue weighted by Gasteiger charge is -2.63. The second kappa shape index (κ2) is 13.7. The first-order chi connectivity index (χ1) is 25.4. The maximum absolute atomic E-state index is 14.3. The second-order valence-corrected chi connectivity index (χ2v) is 16.4. The number of rotatable bonds is 10. The molecule has 5 aliphatic rings. The van der Waals surface area contributed by atoms with Crippen molar-refractivity contribution >= 4 is 24.7 Å². The molecule has 2 bridgehead atoms. The van der Waals surface area contributed by atoms with Gasteiger partial charge in [-0.15, -0.1) is 0 Å². The Labute approximate surface area is 313 Å². The van der Waals surface area contributed by atoms with E-state index in [1.807, 2.05) is 44.2 Å². The van der Waals surface area contributed by atoms with Crippen LogP contribution in [0.15, 0.2) is 65.6 Å². The third-order valence-electron chi connectivity index (χ3n) is 12.4. The lowest BCUT2D eigenvalue weighted by Crippen LogP contribution is -2.63. The molecule has 4 N–H and O–H groups in total. The molecule has 1 saturated heterocycles. The normalized spacial score (nSPS) is 28.9. The summed E-state index contributed by atoms with van der Waals surface area (Å²) in [5, 5.41) is 11.9. The number of nitrogens with one attached hydrogen (secondary N) is 4. The number of nitrogens with zero attached hydrogens (tertiary/aromatic N) is 2. The van der Waals surface area contributed by atoms with E-state index in [0.29, 0.717) is 23.8 Å². The van der Waals surface area contributed by atoms with Crippen LogP contribution in [0, 0.1) is 17.3 Å². The van der Waals surface area contributed by atoms with Crippen molar-refractivity contribution in [2.45, 2.75) is 115 Å². The summed E-state index contributed by atoms with van der Waals surface area (Å²) in [6.07, 6.45) is -0.854. The third kappa shape index (κ3) is 6.78. The van der Waals surface area contributed by atoms with E-state index in [4.69, 9.17) is 9.31 Å². The monoisotopic (exact) mass is 748 g/mol. The van der Waals surface area contributed by atoms with E-state index in [1.54, 1.807) is 6.92 Å². The molecule has 2 aliphatic heterocycles. The van der Waals surface area contributed by atoms with E-state index in [2.05, 4.69) is 47.0 Å². The molecule has 3 heterocycles. The summed E-state index contributed by atoms with van der Waals surface area (Å²) < 4.78 is 54.6. The van der Waals surface area contributed by atoms with E-state index in [9.17, 15) is 27.6 Å². The van der Waals surface area contributed by atoms with Crippen LogP contribution < -0.4 is 26.8 Å². The highest BCUT2D eigenvalue weighted by atomic mass is 19.4. The van der Waals surface area contributed by atoms with Crippen LogP contribution in [0.25, 0.3) is 0 Å². The summed E-state index contributed by atoms with van der Waals surface area (Å²) in [6, 6.07) is 12.3. The van der Waals surface area contributed by atoms with E-state index in [1.165, 1.54) is 22.9 Å². The summed E-state index contributed by atoms with van der Waals surface area (Å²) in [7, 11) is -0.685. The maximum Gasteiger partial charge on any atom is 0.481 e. The van der Waals surface area contributed by atoms with Gasteiger partial charge >= 0.3 is 19.3 Å². The molecule has 288 valence electrons. The Morgan fingerprint density at radius 3 is 2.48 bits per heavy atom. The fraction of sp³-hybridized carbons (Fsp3) is 0.538. The van der Waals surface area contributed by atoms with Crippen LogP contribution in [0.4, 0.5) is 23.7 Å². The zero-order valence-electron chi connectivity index (χ0n) is 31.4. The Kier molecular flexibility index (Phi) is 9.65. The molecule has 3 aliphatic carbocycles. The zero-order chi connectivity index (χ0) is 38.8. The van der Waals surface area contributed by atoms with Gasteiger partial charge in [-0.2, -0.15) is 13.2 Å². The average molecular weight is 749 g/mol. The van der Waals surface area contributed by atoms with E-state index < -0.39 is 59.5 Å². The van der Waals surface area contributed by atoms with Crippen molar-refractivity contribution in [1.82, 2.24) is 25.5 Å². The summed E-state index contributed by atoms with van der Waals surface area (Å²) in [5.41, 5.74) is -1.77. The molecule has 2 unspecified atom stereocenters. The topological polar surface area (TPSA) is 136 Å². The predicted octanol–water partition coefficient (Wildman–Crippen LogP) is 6.26. The van der Waals surface area contributed by atoms with Crippen molar-refractivity contribution < 1.29 is 32.1 Å². The molecular weight excluding hydrogens is 700 g/mol. The van der Waals surface area contributed by atoms with E-state index in [0.717, 1.165) is 30.5 Å². The van der Waals surface area contributed by atoms with Crippen molar-refractivity contribution in [3.8, 4) is 0 Å². The number of carbonyl (C=O) groups excluding carboxylic acids is 2. The zero-order valence-corrected chi connectivity index (χ0v) is 31.4. The quantitative estimate of drug-likeness (QED) is 0.180. The second-order valence-electron chi connectivity index (χ2n) is 16.4. The fourth-order valence-corrected chi connectivity index (χ4v) is 9.09. The number of fused-ring (bicyclic) bond motifs is 1. The minimum atomic E-state index is -4.52. The number of urea groups is 1. The molecule has 8 rings (SSSR count). The first-order valence-electron chi connectivity index (χ1n) is 18.7. The standard InChI is InChI=1S/C39H48BF3N6O5/c1-7-30(40-53-31-27-17-26(36(27,3)4)18-38(31,6)54-40)47-32(50)29-19-37(5,48-35(52)46-22(2)24-13-9-8-10-14-24)34-45-21-28(33(51)49(29)34)44-20-23-12-11-15-25(16-23)39(41,42)43/h8-16,21-22,26-27,29-31,44H,7,17-20H2,1-6H3,(H,47,50)(H2,46,48,52)/t22-,26?,27?,29-,30-,31+,37+,38-/m0/s1. The Balaban J connectivity index is 1.14. The van der Waals surface area contributed by atoms with Gasteiger partial charge in [-0.1, -0.05) is 63.2 Å². The van der Waals surface area contributed by atoms with Gasteiger partial charge in [0, 0.05) is 13.0 Å². The van der Waals surface area contributed by atoms with Gasteiger partial charge in [-0.25, -0.2) is 9.78 Å². The molecule has 0 radical (unpaired) electrons. The highest BCUT2D eigenvalue weighted by Crippen LogP contribution is 2.64. The Morgan fingerprint density at radius 2 is 1.80 bits per heavy atom. The maximum atomic E-state index is 14.3. The third-order valence-corrected chi connectivity index (χ3v) is 12.4. The lowest BCUT2D eigenvalue weighted by atomic mass is 9.45. The van der Waals surface area contributed by atoms with Crippen molar-refractivity contribution in [2.75, 3.05) is 5.32 Å². The molecule has 1 aromatic heterocycles. The van der Waals surface area contributed by atoms with Gasteiger partial charge in [0.15, 0.2) is 0 Å². The molecule has 54 heavy (non-hydrogen) atoms. The molecule has 4 fully saturated rings. The minimum absolute atomic E-state index is 0.00605. The number of halogens is 3. The minimum Gasteiger partial charge on any atom is -0.404 e. The molecule has 3 saturated carbocycles. The number of carbonyl (C=O) groups is 2. The van der Waals surface area contributed by atoms with Crippen LogP contribution in [0.5, 0.6) is 0 Å². The van der Waals surface area contributed by atoms with Gasteiger partial charge < -0.3 is 30.6 Å². The Hall–Kier alpha value is -4.37. The molecule has 2 aromatic carbocycles. The van der Waals surface area contributed by atoms with Crippen molar-refractivity contribution in [3.63, 3.8) is 0 Å². The van der Waals surface area contributed by atoms with E-state index >= 15 is 0 Å². The van der Waals surface area contributed by atoms with Gasteiger partial charge in [0.2, 0.25) is 5.91 Å². The van der Waals surface area contributed by atoms with Crippen LogP contribution >= 0.6 is 0 Å². The highest BCUT2D eigenvalue weighted by molar-refractivity contribution is 6.47. The Morgan fingerprint density at radius 1 is 1.06 bits per heavy atom. The number of hydrogen-bond donors (Lipinski definition) is 4. The van der Waals surface area contributed by atoms with Crippen molar-refractivity contribution in [1.29, 1.82) is 0 Å². The van der Waals surface area contributed by atoms with Crippen LogP contribution in [0.2, 0.25) is 0 Å². The number of amides is 3. The lowest BCUT2D eigenvalue weighted by molar-refractivity contribution is -0.185. The molecular formula is C39H48BF3N6O5. The summed E-state index contributed by atoms with van der Waals surface area (Å²) in [6.45, 7) is 12.0. The number of alkyl halides is 3. The van der Waals surface area contributed by atoms with Gasteiger partial charge in [0.25, 0.3) is 5.56 Å². The molecule has 8 atom stereocenters. The molecule has 11 nitrogen and oxygen atoms in total. The smallest absolute Gasteiger partial charge is 0.404 e. The molecule has 15 heteroatoms. The van der Waals surface area contributed by atoms with Crippen LogP contribution in [-0.4, -0.2) is 46.3 Å². The van der Waals surface area contributed by atoms with Gasteiger partial charge in [0.1, 0.15) is 17.6 Å². The summed E-state index contributed by atoms with van der Waals surface area (Å²) in [4.78, 5) is 46.6. The molecule has 3 amide bonds. The van der Waals surface area contributed by atoms with Crippen LogP contribution in [0.3, 0.4) is 0 Å². The van der Waals surface area contributed by atoms with Crippen LogP contribution in [-0.2, 0) is 32.4 Å². The first-order valence-corrected chi connectivity index (χ1v) is 18.7. The summed E-state index contributed by atoms with van der Waals surface area (Å²) in [5.74, 6) is 0.0772. The number of benzene rings is 2. The number of aromatic nitrogens is 2. The summed E-state index contributed by atoms with van der Waals surface area (Å²) >= 11 is 0. The Bertz CT molecular complexity index is 1980.